The van der Waals surface area contributed by atoms with Crippen molar-refractivity contribution < 1.29 is 24.2 Å². The maximum absolute atomic E-state index is 12.3. The van der Waals surface area contributed by atoms with Crippen LogP contribution in [0, 0.1) is 5.92 Å². The molecule has 174 valence electrons. The van der Waals surface area contributed by atoms with Crippen LogP contribution in [-0.4, -0.2) is 65.7 Å². The van der Waals surface area contributed by atoms with Crippen molar-refractivity contribution in [2.45, 2.75) is 18.8 Å². The molecule has 0 radical (unpaired) electrons. The van der Waals surface area contributed by atoms with E-state index < -0.39 is 12.1 Å². The maximum Gasteiger partial charge on any atom is 0.407 e. The van der Waals surface area contributed by atoms with Gasteiger partial charge in [-0.15, -0.1) is 0 Å². The molecule has 0 heterocycles. The van der Waals surface area contributed by atoms with E-state index in [4.69, 9.17) is 9.84 Å². The fourth-order valence-corrected chi connectivity index (χ4v) is 4.90. The minimum atomic E-state index is -0.995. The number of amides is 2. The Kier molecular flexibility index (Phi) is 7.54. The summed E-state index contributed by atoms with van der Waals surface area (Å²) < 4.78 is 5.50. The second-order valence-corrected chi connectivity index (χ2v) is 9.52. The fraction of sp³-hybridized carbons (Fsp3) is 0.400. The fourth-order valence-electron chi connectivity index (χ4n) is 4.16. The van der Waals surface area contributed by atoms with E-state index in [9.17, 15) is 14.4 Å². The predicted octanol–water partition coefficient (Wildman–Crippen LogP) is 3.58. The summed E-state index contributed by atoms with van der Waals surface area (Å²) >= 11 is 1.38. The van der Waals surface area contributed by atoms with E-state index in [2.05, 4.69) is 29.6 Å². The van der Waals surface area contributed by atoms with E-state index >= 15 is 0 Å². The molecule has 2 aliphatic carbocycles. The molecule has 2 aromatic rings. The Bertz CT molecular complexity index is 978. The van der Waals surface area contributed by atoms with E-state index in [-0.39, 0.29) is 30.7 Å². The maximum atomic E-state index is 12.3. The van der Waals surface area contributed by atoms with Gasteiger partial charge in [0.15, 0.2) is 0 Å². The van der Waals surface area contributed by atoms with Crippen LogP contribution >= 0.6 is 11.8 Å². The lowest BCUT2D eigenvalue weighted by atomic mass is 9.98. The van der Waals surface area contributed by atoms with Crippen LogP contribution in [-0.2, 0) is 14.3 Å². The number of nitrogens with zero attached hydrogens (tertiary/aromatic N) is 1. The number of carboxylic acids is 1. The molecule has 0 bridgehead atoms. The number of carboxylic acid groups (broad SMARTS) is 1. The van der Waals surface area contributed by atoms with Crippen molar-refractivity contribution >= 4 is 29.7 Å². The number of nitrogens with one attached hydrogen (secondary N) is 1. The number of rotatable bonds is 11. The summed E-state index contributed by atoms with van der Waals surface area (Å²) in [5.74, 6) is 0.0313. The smallest absolute Gasteiger partial charge is 0.407 e. The Morgan fingerprint density at radius 2 is 1.67 bits per heavy atom. The number of hydrogen-bond acceptors (Lipinski definition) is 5. The van der Waals surface area contributed by atoms with Crippen LogP contribution in [0.4, 0.5) is 4.79 Å². The summed E-state index contributed by atoms with van der Waals surface area (Å²) in [5, 5.41) is 11.7. The first-order valence-corrected chi connectivity index (χ1v) is 12.3. The standard InChI is InChI=1S/C25H28N2O5S/c28-23(27(14-24(29)30)13-17-9-10-17)16-33-12-11-26-25(31)32-15-22-20-7-3-1-5-18(20)19-6-2-4-8-21(19)22/h1-8,17,22H,9-16H2,(H,26,31)(H,29,30). The first-order chi connectivity index (χ1) is 16.0. The Labute approximate surface area is 197 Å². The number of alkyl carbamates (subject to hydrolysis) is 1. The highest BCUT2D eigenvalue weighted by molar-refractivity contribution is 7.99. The lowest BCUT2D eigenvalue weighted by Crippen LogP contribution is -2.38. The minimum Gasteiger partial charge on any atom is -0.480 e. The van der Waals surface area contributed by atoms with E-state index in [1.54, 1.807) is 0 Å². The molecule has 0 atom stereocenters. The number of thioether (sulfide) groups is 1. The Hall–Kier alpha value is -3.00. The molecule has 0 aliphatic heterocycles. The van der Waals surface area contributed by atoms with Crippen LogP contribution in [0.15, 0.2) is 48.5 Å². The van der Waals surface area contributed by atoms with Crippen molar-refractivity contribution in [3.8, 4) is 11.1 Å². The summed E-state index contributed by atoms with van der Waals surface area (Å²) in [6.45, 7) is 0.893. The minimum absolute atomic E-state index is 0.0156. The number of fused-ring (bicyclic) bond motifs is 3. The van der Waals surface area contributed by atoms with E-state index in [0.29, 0.717) is 24.8 Å². The normalized spacial score (nSPS) is 14.3. The highest BCUT2D eigenvalue weighted by atomic mass is 32.2. The van der Waals surface area contributed by atoms with Crippen molar-refractivity contribution in [3.05, 3.63) is 59.7 Å². The first-order valence-electron chi connectivity index (χ1n) is 11.2. The van der Waals surface area contributed by atoms with E-state index in [1.807, 2.05) is 24.3 Å². The number of carbonyl (C=O) groups excluding carboxylic acids is 2. The second kappa shape index (κ2) is 10.7. The van der Waals surface area contributed by atoms with Crippen molar-refractivity contribution in [1.29, 1.82) is 0 Å². The molecule has 0 saturated heterocycles. The Balaban J connectivity index is 1.18. The summed E-state index contributed by atoms with van der Waals surface area (Å²) in [6, 6.07) is 16.4. The van der Waals surface area contributed by atoms with Crippen LogP contribution in [0.2, 0.25) is 0 Å². The first kappa shape index (κ1) is 23.2. The zero-order valence-electron chi connectivity index (χ0n) is 18.4. The average Bonchev–Trinajstić information content (AvgIpc) is 3.57. The molecule has 33 heavy (non-hydrogen) atoms. The number of aliphatic carboxylic acids is 1. The molecule has 2 aliphatic rings. The van der Waals surface area contributed by atoms with Gasteiger partial charge in [-0.05, 0) is 41.0 Å². The lowest BCUT2D eigenvalue weighted by Gasteiger charge is -2.20. The average molecular weight is 469 g/mol. The number of hydrogen-bond donors (Lipinski definition) is 2. The van der Waals surface area contributed by atoms with Crippen molar-refractivity contribution in [3.63, 3.8) is 0 Å². The van der Waals surface area contributed by atoms with Crippen molar-refractivity contribution in [1.82, 2.24) is 10.2 Å². The molecule has 2 aromatic carbocycles. The van der Waals surface area contributed by atoms with Gasteiger partial charge in [-0.3, -0.25) is 9.59 Å². The van der Waals surface area contributed by atoms with Gasteiger partial charge in [0.05, 0.1) is 5.75 Å². The molecule has 4 rings (SSSR count). The molecule has 1 fully saturated rings. The van der Waals surface area contributed by atoms with Crippen LogP contribution < -0.4 is 5.32 Å². The molecule has 7 nitrogen and oxygen atoms in total. The monoisotopic (exact) mass is 468 g/mol. The zero-order valence-corrected chi connectivity index (χ0v) is 19.2. The largest absolute Gasteiger partial charge is 0.480 e. The molecule has 1 saturated carbocycles. The predicted molar refractivity (Wildman–Crippen MR) is 127 cm³/mol. The van der Waals surface area contributed by atoms with Gasteiger partial charge < -0.3 is 20.1 Å². The molecule has 2 amide bonds. The summed E-state index contributed by atoms with van der Waals surface area (Å²) in [6.07, 6.45) is 1.63. The van der Waals surface area contributed by atoms with Crippen LogP contribution in [0.5, 0.6) is 0 Å². The van der Waals surface area contributed by atoms with Gasteiger partial charge in [0.1, 0.15) is 13.2 Å². The summed E-state index contributed by atoms with van der Waals surface area (Å²) in [4.78, 5) is 36.9. The van der Waals surface area contributed by atoms with Gasteiger partial charge in [0, 0.05) is 24.8 Å². The number of ether oxygens (including phenoxy) is 1. The summed E-state index contributed by atoms with van der Waals surface area (Å²) in [5.41, 5.74) is 4.69. The quantitative estimate of drug-likeness (QED) is 0.490. The SMILES string of the molecule is O=C(O)CN(CC1CC1)C(=O)CSCCNC(=O)OCC1c2ccccc2-c2ccccc21. The third kappa shape index (κ3) is 6.07. The van der Waals surface area contributed by atoms with Gasteiger partial charge >= 0.3 is 12.1 Å². The Morgan fingerprint density at radius 3 is 2.27 bits per heavy atom. The van der Waals surface area contributed by atoms with E-state index in [0.717, 1.165) is 24.0 Å². The van der Waals surface area contributed by atoms with E-state index in [1.165, 1.54) is 27.8 Å². The van der Waals surface area contributed by atoms with Gasteiger partial charge in [-0.2, -0.15) is 11.8 Å². The third-order valence-corrected chi connectivity index (χ3v) is 6.88. The van der Waals surface area contributed by atoms with Crippen molar-refractivity contribution in [2.24, 2.45) is 5.92 Å². The molecule has 0 spiro atoms. The third-order valence-electron chi connectivity index (χ3n) is 5.94. The number of carbonyl (C=O) groups is 3. The molecule has 0 aromatic heterocycles. The van der Waals surface area contributed by atoms with Gasteiger partial charge in [0.2, 0.25) is 5.91 Å². The van der Waals surface area contributed by atoms with Gasteiger partial charge in [-0.1, -0.05) is 48.5 Å². The zero-order chi connectivity index (χ0) is 23.2. The molecular formula is C25H28N2O5S. The molecule has 2 N–H and O–H groups in total. The van der Waals surface area contributed by atoms with Crippen LogP contribution in [0.1, 0.15) is 29.9 Å². The highest BCUT2D eigenvalue weighted by Crippen LogP contribution is 2.44. The molecular weight excluding hydrogens is 440 g/mol. The van der Waals surface area contributed by atoms with Gasteiger partial charge in [-0.25, -0.2) is 4.79 Å². The topological polar surface area (TPSA) is 95.9 Å². The van der Waals surface area contributed by atoms with Crippen LogP contribution in [0.25, 0.3) is 11.1 Å². The summed E-state index contributed by atoms with van der Waals surface area (Å²) in [7, 11) is 0. The highest BCUT2D eigenvalue weighted by Gasteiger charge is 2.29. The van der Waals surface area contributed by atoms with Crippen LogP contribution in [0.3, 0.4) is 0 Å². The van der Waals surface area contributed by atoms with Crippen molar-refractivity contribution in [2.75, 3.05) is 37.7 Å². The van der Waals surface area contributed by atoms with Gasteiger partial charge in [0.25, 0.3) is 0 Å². The Morgan fingerprint density at radius 1 is 1.03 bits per heavy atom. The molecule has 8 heteroatoms. The number of benzene rings is 2. The second-order valence-electron chi connectivity index (χ2n) is 8.42. The molecule has 0 unspecified atom stereocenters. The lowest BCUT2D eigenvalue weighted by molar-refractivity contribution is -0.143.